The predicted octanol–water partition coefficient (Wildman–Crippen LogP) is -2.19. The van der Waals surface area contributed by atoms with Crippen LogP contribution < -0.4 is 16.2 Å². The Labute approximate surface area is 147 Å². The second-order valence-corrected chi connectivity index (χ2v) is 6.72. The topological polar surface area (TPSA) is 84.5 Å². The molecule has 0 saturated carbocycles. The molecule has 0 aromatic heterocycles. The van der Waals surface area contributed by atoms with Gasteiger partial charge >= 0.3 is 0 Å². The van der Waals surface area contributed by atoms with Gasteiger partial charge in [-0.2, -0.15) is 0 Å². The first-order valence-corrected chi connectivity index (χ1v) is 8.84. The molecule has 9 nitrogen and oxygen atoms in total. The van der Waals surface area contributed by atoms with Crippen LogP contribution in [-0.4, -0.2) is 112 Å². The fraction of sp³-hybridized carbons (Fsp3) is 0.867. The Balaban J connectivity index is 1.33. The van der Waals surface area contributed by atoms with Gasteiger partial charge in [0, 0.05) is 45.8 Å². The van der Waals surface area contributed by atoms with E-state index in [1.807, 2.05) is 0 Å². The molecule has 0 radical (unpaired) electrons. The van der Waals surface area contributed by atoms with Crippen LogP contribution in [0.2, 0.25) is 0 Å². The highest BCUT2D eigenvalue weighted by Crippen LogP contribution is 2.05. The number of hydrogen-bond donors (Lipinski definition) is 3. The Morgan fingerprint density at radius 2 is 2.16 bits per heavy atom. The van der Waals surface area contributed by atoms with E-state index in [9.17, 15) is 9.18 Å². The van der Waals surface area contributed by atoms with Gasteiger partial charge in [0.2, 0.25) is 11.9 Å². The summed E-state index contributed by atoms with van der Waals surface area (Å²) in [5.74, 6) is 0.705. The van der Waals surface area contributed by atoms with Gasteiger partial charge in [-0.1, -0.05) is 0 Å². The van der Waals surface area contributed by atoms with E-state index in [2.05, 4.69) is 42.9 Å². The first kappa shape index (κ1) is 18.3. The molecule has 1 amide bonds. The molecular formula is C15H28FN7O2. The molecule has 3 aliphatic heterocycles. The van der Waals surface area contributed by atoms with E-state index in [0.717, 1.165) is 45.9 Å². The van der Waals surface area contributed by atoms with E-state index in [1.165, 1.54) is 0 Å². The first-order chi connectivity index (χ1) is 12.1. The van der Waals surface area contributed by atoms with Crippen molar-refractivity contribution in [3.05, 3.63) is 0 Å². The average molecular weight is 357 g/mol. The minimum Gasteiger partial charge on any atom is -0.374 e. The normalized spacial score (nSPS) is 29.0. The smallest absolute Gasteiger partial charge is 0.234 e. The van der Waals surface area contributed by atoms with Gasteiger partial charge in [-0.3, -0.25) is 15.1 Å². The summed E-state index contributed by atoms with van der Waals surface area (Å²) in [5.41, 5.74) is 5.33. The van der Waals surface area contributed by atoms with Gasteiger partial charge in [0.25, 0.3) is 0 Å². The summed E-state index contributed by atoms with van der Waals surface area (Å²) in [4.78, 5) is 22.7. The third kappa shape index (κ3) is 5.50. The van der Waals surface area contributed by atoms with Gasteiger partial charge in [-0.05, 0) is 7.05 Å². The Kier molecular flexibility index (Phi) is 6.40. The molecule has 3 N–H and O–H groups in total. The predicted molar refractivity (Wildman–Crippen MR) is 91.7 cm³/mol. The number of hydrogen-bond acceptors (Lipinski definition) is 8. The van der Waals surface area contributed by atoms with Crippen molar-refractivity contribution in [3.8, 4) is 0 Å². The highest BCUT2D eigenvalue weighted by Gasteiger charge is 2.24. The lowest BCUT2D eigenvalue weighted by Crippen LogP contribution is -2.59. The van der Waals surface area contributed by atoms with Crippen LogP contribution in [0.5, 0.6) is 0 Å². The van der Waals surface area contributed by atoms with Crippen LogP contribution in [0.15, 0.2) is 4.99 Å². The van der Waals surface area contributed by atoms with Crippen molar-refractivity contribution in [3.63, 3.8) is 0 Å². The Bertz CT molecular complexity index is 485. The fourth-order valence-electron chi connectivity index (χ4n) is 3.17. The highest BCUT2D eigenvalue weighted by molar-refractivity contribution is 5.80. The summed E-state index contributed by atoms with van der Waals surface area (Å²) < 4.78 is 18.6. The molecule has 0 spiro atoms. The number of carbonyl (C=O) groups excluding carboxylic acids is 1. The van der Waals surface area contributed by atoms with Crippen LogP contribution >= 0.6 is 0 Å². The number of guanidine groups is 1. The summed E-state index contributed by atoms with van der Waals surface area (Å²) in [6.45, 7) is 6.64. The van der Waals surface area contributed by atoms with Crippen LogP contribution in [0.4, 0.5) is 4.39 Å². The number of likely N-dealkylation sites (N-methyl/N-ethyl adjacent to an activating group) is 1. The molecule has 2 unspecified atom stereocenters. The lowest BCUT2D eigenvalue weighted by atomic mass is 10.2. The first-order valence-electron chi connectivity index (χ1n) is 8.84. The molecule has 2 atom stereocenters. The number of aliphatic imine (C=N–C) groups is 1. The Morgan fingerprint density at radius 1 is 1.36 bits per heavy atom. The van der Waals surface area contributed by atoms with Crippen LogP contribution in [-0.2, 0) is 9.53 Å². The van der Waals surface area contributed by atoms with Crippen LogP contribution in [0.3, 0.4) is 0 Å². The summed E-state index contributed by atoms with van der Waals surface area (Å²) in [7, 11) is 2.06. The molecule has 3 heterocycles. The Morgan fingerprint density at radius 3 is 2.84 bits per heavy atom. The third-order valence-electron chi connectivity index (χ3n) is 4.65. The molecule has 25 heavy (non-hydrogen) atoms. The zero-order chi connectivity index (χ0) is 17.6. The maximum absolute atomic E-state index is 13.0. The number of hydrazine groups is 1. The molecule has 2 fully saturated rings. The largest absolute Gasteiger partial charge is 0.374 e. The zero-order valence-corrected chi connectivity index (χ0v) is 14.7. The molecule has 10 heteroatoms. The van der Waals surface area contributed by atoms with E-state index in [-0.39, 0.29) is 18.6 Å². The second-order valence-electron chi connectivity index (χ2n) is 6.72. The van der Waals surface area contributed by atoms with Crippen molar-refractivity contribution in [1.29, 1.82) is 0 Å². The fourth-order valence-corrected chi connectivity index (χ4v) is 3.17. The van der Waals surface area contributed by atoms with Crippen LogP contribution in [0.25, 0.3) is 0 Å². The number of halogens is 1. The molecule has 3 aliphatic rings. The summed E-state index contributed by atoms with van der Waals surface area (Å²) in [5, 5.41) is 2.97. The number of carbonyl (C=O) groups is 1. The maximum Gasteiger partial charge on any atom is 0.234 e. The van der Waals surface area contributed by atoms with Crippen molar-refractivity contribution in [1.82, 2.24) is 30.9 Å². The van der Waals surface area contributed by atoms with Gasteiger partial charge in [0.1, 0.15) is 0 Å². The Hall–Kier alpha value is -1.49. The molecule has 0 bridgehead atoms. The van der Waals surface area contributed by atoms with E-state index >= 15 is 0 Å². The quantitative estimate of drug-likeness (QED) is 0.493. The van der Waals surface area contributed by atoms with Gasteiger partial charge in [-0.15, -0.1) is 0 Å². The van der Waals surface area contributed by atoms with Gasteiger partial charge < -0.3 is 19.9 Å². The van der Waals surface area contributed by atoms with Crippen molar-refractivity contribution in [2.45, 2.75) is 12.4 Å². The van der Waals surface area contributed by atoms with Crippen LogP contribution in [0, 0.1) is 0 Å². The minimum absolute atomic E-state index is 0.0281. The van der Waals surface area contributed by atoms with E-state index < -0.39 is 6.30 Å². The van der Waals surface area contributed by atoms with E-state index in [0.29, 0.717) is 19.0 Å². The van der Waals surface area contributed by atoms with Crippen LogP contribution in [0.1, 0.15) is 0 Å². The number of alkyl halides is 1. The highest BCUT2D eigenvalue weighted by atomic mass is 19.1. The zero-order valence-electron chi connectivity index (χ0n) is 14.7. The lowest BCUT2D eigenvalue weighted by Gasteiger charge is -2.37. The van der Waals surface area contributed by atoms with Gasteiger partial charge in [-0.25, -0.2) is 14.8 Å². The molecule has 0 aliphatic carbocycles. The number of morpholine rings is 1. The number of ether oxygens (including phenoxy) is 1. The monoisotopic (exact) mass is 357 g/mol. The molecule has 3 rings (SSSR count). The van der Waals surface area contributed by atoms with E-state index in [1.54, 1.807) is 0 Å². The van der Waals surface area contributed by atoms with Crippen molar-refractivity contribution >= 4 is 11.9 Å². The number of rotatable bonds is 4. The third-order valence-corrected chi connectivity index (χ3v) is 4.65. The van der Waals surface area contributed by atoms with Crippen molar-refractivity contribution in [2.75, 3.05) is 72.6 Å². The maximum atomic E-state index is 13.0. The molecule has 0 aromatic rings. The standard InChI is InChI=1S/C15H28FN7O2/c1-21-6-7-25-12(10-21)8-17-14(24)11-22-2-4-23(5-3-22)15-18-9-13(16)19-20-15/h12-13,19H,2-11H2,1H3,(H,17,24)(H,18,20). The molecule has 142 valence electrons. The molecule has 0 aromatic carbocycles. The lowest BCUT2D eigenvalue weighted by molar-refractivity contribution is -0.123. The van der Waals surface area contributed by atoms with Gasteiger partial charge in [0.15, 0.2) is 6.30 Å². The van der Waals surface area contributed by atoms with E-state index in [4.69, 9.17) is 4.74 Å². The minimum atomic E-state index is -1.14. The number of nitrogens with zero attached hydrogens (tertiary/aromatic N) is 4. The SMILES string of the molecule is CN1CCOC(CNC(=O)CN2CCN(C3=NCC(F)NN3)CC2)C1. The summed E-state index contributed by atoms with van der Waals surface area (Å²) in [6.07, 6.45) is -1.07. The number of piperazine rings is 1. The molecular weight excluding hydrogens is 329 g/mol. The summed E-state index contributed by atoms with van der Waals surface area (Å²) >= 11 is 0. The second kappa shape index (κ2) is 8.75. The average Bonchev–Trinajstić information content (AvgIpc) is 2.62. The summed E-state index contributed by atoms with van der Waals surface area (Å²) in [6, 6.07) is 0. The van der Waals surface area contributed by atoms with Crippen molar-refractivity contribution in [2.24, 2.45) is 4.99 Å². The van der Waals surface area contributed by atoms with Crippen molar-refractivity contribution < 1.29 is 13.9 Å². The number of nitrogens with one attached hydrogen (secondary N) is 3. The van der Waals surface area contributed by atoms with Gasteiger partial charge in [0.05, 0.1) is 25.8 Å². The molecule has 2 saturated heterocycles. The number of amides is 1.